The van der Waals surface area contributed by atoms with Gasteiger partial charge in [0.05, 0.1) is 37.2 Å². The summed E-state index contributed by atoms with van der Waals surface area (Å²) in [5.74, 6) is 0.446. The molecule has 8 rings (SSSR count). The van der Waals surface area contributed by atoms with Crippen LogP contribution in [0.1, 0.15) is 0 Å². The molecule has 0 radical (unpaired) electrons. The van der Waals surface area contributed by atoms with Crippen LogP contribution in [0.5, 0.6) is 11.5 Å². The van der Waals surface area contributed by atoms with E-state index in [1.807, 2.05) is 91.0 Å². The number of thiazole rings is 2. The van der Waals surface area contributed by atoms with Crippen LogP contribution in [0.25, 0.3) is 41.6 Å². The minimum absolute atomic E-state index is 0. The monoisotopic (exact) mass is 730 g/mol. The molecule has 2 N–H and O–H groups in total. The van der Waals surface area contributed by atoms with Crippen LogP contribution in [-0.4, -0.2) is 20.2 Å². The van der Waals surface area contributed by atoms with Gasteiger partial charge in [0.1, 0.15) is 21.5 Å². The van der Waals surface area contributed by atoms with Crippen LogP contribution >= 0.6 is 31.7 Å². The van der Waals surface area contributed by atoms with E-state index < -0.39 is 0 Å². The Kier molecular flexibility index (Phi) is 10.3. The summed E-state index contributed by atoms with van der Waals surface area (Å²) in [5, 5.41) is 22.1. The van der Waals surface area contributed by atoms with E-state index in [-0.39, 0.29) is 31.0 Å². The van der Waals surface area contributed by atoms with Crippen LogP contribution in [0, 0.1) is 0 Å². The fourth-order valence-electron chi connectivity index (χ4n) is 5.18. The Balaban J connectivity index is 0.000000182. The van der Waals surface area contributed by atoms with E-state index >= 15 is 0 Å². The maximum atomic E-state index is 10.6. The van der Waals surface area contributed by atoms with E-state index in [9.17, 15) is 10.2 Å². The second-order valence-electron chi connectivity index (χ2n) is 10.5. The fraction of sp³-hybridized carbons (Fsp3) is 0. The summed E-state index contributed by atoms with van der Waals surface area (Å²) in [4.78, 5) is 11.4. The molecule has 0 fully saturated rings. The predicted molar refractivity (Wildman–Crippen MR) is 199 cm³/mol. The molecule has 0 aliphatic heterocycles. The first-order valence-electron chi connectivity index (χ1n) is 14.7. The Morgan fingerprint density at radius 3 is 1.48 bits per heavy atom. The quantitative estimate of drug-likeness (QED) is 0.131. The van der Waals surface area contributed by atoms with Crippen LogP contribution in [0.2, 0.25) is 0 Å². The fourth-order valence-corrected chi connectivity index (χ4v) is 7.30. The molecular formula is C38H27N4O2PS2Zn. The van der Waals surface area contributed by atoms with Crippen LogP contribution < -0.4 is 4.90 Å². The molecule has 2 aromatic heterocycles. The van der Waals surface area contributed by atoms with Crippen molar-refractivity contribution in [3.05, 3.63) is 146 Å². The maximum absolute atomic E-state index is 10.6. The van der Waals surface area contributed by atoms with E-state index in [1.54, 1.807) is 46.9 Å². The smallest absolute Gasteiger partial charge is 0.128 e. The van der Waals surface area contributed by atoms with Gasteiger partial charge in [0.2, 0.25) is 0 Å². The van der Waals surface area contributed by atoms with Gasteiger partial charge >= 0.3 is 0 Å². The van der Waals surface area contributed by atoms with Crippen molar-refractivity contribution in [3.8, 4) is 32.6 Å². The number of aromatic nitrogens is 2. The molecule has 230 valence electrons. The molecule has 10 heteroatoms. The number of para-hydroxylation sites is 4. The van der Waals surface area contributed by atoms with Crippen molar-refractivity contribution < 1.29 is 29.7 Å². The average Bonchev–Trinajstić information content (AvgIpc) is 3.75. The third-order valence-electron chi connectivity index (χ3n) is 7.42. The summed E-state index contributed by atoms with van der Waals surface area (Å²) < 4.78 is 6.13. The Morgan fingerprint density at radius 2 is 0.979 bits per heavy atom. The summed E-state index contributed by atoms with van der Waals surface area (Å²) in [5.41, 5.74) is 7.15. The molecule has 0 saturated carbocycles. The Labute approximate surface area is 300 Å². The van der Waals surface area contributed by atoms with E-state index in [0.29, 0.717) is 5.56 Å². The van der Waals surface area contributed by atoms with Crippen molar-refractivity contribution in [2.45, 2.75) is 0 Å². The molecule has 48 heavy (non-hydrogen) atoms. The molecule has 0 unspecified atom stereocenters. The number of benzene rings is 6. The van der Waals surface area contributed by atoms with Crippen LogP contribution in [0.15, 0.2) is 150 Å². The zero-order valence-corrected chi connectivity index (χ0v) is 31.2. The summed E-state index contributed by atoms with van der Waals surface area (Å²) >= 11 is 3.14. The minimum atomic E-state index is 0. The Hall–Kier alpha value is -4.78. The van der Waals surface area contributed by atoms with Gasteiger partial charge in [-0.2, -0.15) is 0 Å². The maximum Gasteiger partial charge on any atom is 0.128 e. The van der Waals surface area contributed by atoms with Gasteiger partial charge in [-0.3, -0.25) is 0 Å². The number of rotatable bonds is 6. The van der Waals surface area contributed by atoms with Gasteiger partial charge in [0.15, 0.2) is 0 Å². The largest absolute Gasteiger partial charge is 0.507 e. The minimum Gasteiger partial charge on any atom is -0.507 e. The number of hydrogen-bond donors (Lipinski definition) is 2. The van der Waals surface area contributed by atoms with Crippen molar-refractivity contribution in [1.29, 1.82) is 0 Å². The molecular weight excluding hydrogens is 705 g/mol. The number of phenolic OH excluding ortho intramolecular Hbond substituents is 2. The van der Waals surface area contributed by atoms with Gasteiger partial charge < -0.3 is 15.1 Å². The molecule has 0 bridgehead atoms. The number of hydrogen-bond acceptors (Lipinski definition) is 8. The molecule has 6 nitrogen and oxygen atoms in total. The van der Waals surface area contributed by atoms with E-state index in [1.165, 1.54) is 0 Å². The molecule has 0 saturated heterocycles. The topological polar surface area (TPSA) is 81.8 Å². The molecule has 0 amide bonds. The standard InChI is InChI=1S/C25H18N2OS.C13H9N2OPS.Zn/c28-23-16-15-20(17-21(23)25-26-22-13-7-8-14-24(22)29-25)27(18-9-3-1-4-10-18)19-11-5-2-6-12-19;16-11-6-5-8(15-17)7-9(11)13-14-10-3-1-2-4-12(10)18-13;/h1-17,28H;1-7,16-17H;. The molecule has 0 atom stereocenters. The van der Waals surface area contributed by atoms with Gasteiger partial charge in [0.25, 0.3) is 0 Å². The number of anilines is 3. The van der Waals surface area contributed by atoms with Crippen molar-refractivity contribution in [2.75, 3.05) is 4.90 Å². The van der Waals surface area contributed by atoms with Gasteiger partial charge in [0, 0.05) is 36.5 Å². The molecule has 2 heterocycles. The number of nitrogens with zero attached hydrogens (tertiary/aromatic N) is 4. The van der Waals surface area contributed by atoms with Crippen molar-refractivity contribution in [1.82, 2.24) is 9.97 Å². The summed E-state index contributed by atoms with van der Waals surface area (Å²) in [6.45, 7) is 0. The number of fused-ring (bicyclic) bond motifs is 2. The predicted octanol–water partition coefficient (Wildman–Crippen LogP) is 11.8. The number of phenols is 2. The van der Waals surface area contributed by atoms with Gasteiger partial charge in [-0.15, -0.1) is 22.7 Å². The molecule has 0 aliphatic carbocycles. The van der Waals surface area contributed by atoms with Gasteiger partial charge in [-0.25, -0.2) is 14.7 Å². The summed E-state index contributed by atoms with van der Waals surface area (Å²) in [6, 6.07) is 47.3. The second-order valence-corrected chi connectivity index (χ2v) is 12.8. The van der Waals surface area contributed by atoms with Crippen molar-refractivity contribution in [2.24, 2.45) is 4.74 Å². The number of aromatic hydroxyl groups is 2. The summed E-state index contributed by atoms with van der Waals surface area (Å²) in [6.07, 6.45) is 0. The third-order valence-corrected chi connectivity index (χ3v) is 9.82. The van der Waals surface area contributed by atoms with Crippen LogP contribution in [0.3, 0.4) is 0 Å². The molecule has 6 aromatic carbocycles. The first-order valence-corrected chi connectivity index (χ1v) is 16.8. The first kappa shape index (κ1) is 33.1. The van der Waals surface area contributed by atoms with Gasteiger partial charge in [-0.05, 0) is 94.0 Å². The van der Waals surface area contributed by atoms with Gasteiger partial charge in [-0.1, -0.05) is 60.7 Å². The molecule has 8 aromatic rings. The first-order chi connectivity index (χ1) is 23.1. The zero-order chi connectivity index (χ0) is 32.2. The zero-order valence-electron chi connectivity index (χ0n) is 25.6. The van der Waals surface area contributed by atoms with Crippen molar-refractivity contribution >= 4 is 74.9 Å². The SMILES string of the molecule is Oc1ccc(N(c2ccccc2)c2ccccc2)cc1-c1nc2ccccc2s1.Oc1ccc(N=P)cc1-c1nc2ccccc2s1.[Zn]. The van der Waals surface area contributed by atoms with Crippen molar-refractivity contribution in [3.63, 3.8) is 0 Å². The van der Waals surface area contributed by atoms with E-state index in [0.717, 1.165) is 58.8 Å². The third kappa shape index (κ3) is 7.06. The normalized spacial score (nSPS) is 10.6. The Bertz CT molecular complexity index is 2230. The van der Waals surface area contributed by atoms with E-state index in [4.69, 9.17) is 4.98 Å². The average molecular weight is 732 g/mol. The Morgan fingerprint density at radius 1 is 0.521 bits per heavy atom. The second kappa shape index (κ2) is 15.0. The molecule has 0 aliphatic rings. The van der Waals surface area contributed by atoms with Crippen LogP contribution in [0.4, 0.5) is 22.7 Å². The van der Waals surface area contributed by atoms with Crippen LogP contribution in [-0.2, 0) is 19.5 Å². The summed E-state index contributed by atoms with van der Waals surface area (Å²) in [7, 11) is 3.10. The van der Waals surface area contributed by atoms with E-state index in [2.05, 4.69) is 54.0 Å². The molecule has 0 spiro atoms.